The summed E-state index contributed by atoms with van der Waals surface area (Å²) in [5.74, 6) is 1.18. The number of benzene rings is 2. The molecule has 2 aromatic rings. The van der Waals surface area contributed by atoms with Crippen molar-refractivity contribution < 1.29 is 33.3 Å². The van der Waals surface area contributed by atoms with Gasteiger partial charge in [-0.1, -0.05) is 12.1 Å². The second-order valence-corrected chi connectivity index (χ2v) is 7.44. The molecule has 33 heavy (non-hydrogen) atoms. The summed E-state index contributed by atoms with van der Waals surface area (Å²) >= 11 is 0. The van der Waals surface area contributed by atoms with Crippen molar-refractivity contribution in [3.05, 3.63) is 58.7 Å². The van der Waals surface area contributed by atoms with Gasteiger partial charge >= 0.3 is 12.1 Å². The molecule has 8 heteroatoms. The SMILES string of the molecule is COC(=O)c1cc(C(=CCCN2CCOC2=O)c2ccc(OC)c(OC)c2)cc(C)c1OC. The van der Waals surface area contributed by atoms with Gasteiger partial charge in [0.15, 0.2) is 11.5 Å². The second-order valence-electron chi connectivity index (χ2n) is 7.44. The zero-order chi connectivity index (χ0) is 24.0. The summed E-state index contributed by atoms with van der Waals surface area (Å²) in [6.45, 7) is 3.38. The lowest BCUT2D eigenvalue weighted by atomic mass is 9.93. The van der Waals surface area contributed by atoms with Gasteiger partial charge in [0.25, 0.3) is 0 Å². The minimum absolute atomic E-state index is 0.302. The Labute approximate surface area is 193 Å². The molecule has 8 nitrogen and oxygen atoms in total. The van der Waals surface area contributed by atoms with Crippen molar-refractivity contribution >= 4 is 17.6 Å². The minimum atomic E-state index is -0.483. The molecular formula is C25H29NO7. The van der Waals surface area contributed by atoms with Crippen LogP contribution in [0.25, 0.3) is 5.57 Å². The third kappa shape index (κ3) is 5.22. The van der Waals surface area contributed by atoms with Crippen molar-refractivity contribution in [3.63, 3.8) is 0 Å². The molecule has 1 aliphatic heterocycles. The number of methoxy groups -OCH3 is 4. The van der Waals surface area contributed by atoms with Crippen LogP contribution in [-0.2, 0) is 9.47 Å². The molecule has 1 aliphatic rings. The molecule has 1 saturated heterocycles. The summed E-state index contributed by atoms with van der Waals surface area (Å²) in [6.07, 6.45) is 2.33. The number of nitrogens with zero attached hydrogens (tertiary/aromatic N) is 1. The molecule has 0 aliphatic carbocycles. The van der Waals surface area contributed by atoms with E-state index in [-0.39, 0.29) is 6.09 Å². The summed E-state index contributed by atoms with van der Waals surface area (Å²) in [4.78, 5) is 25.9. The van der Waals surface area contributed by atoms with Crippen LogP contribution in [0.4, 0.5) is 4.79 Å². The van der Waals surface area contributed by atoms with Crippen molar-refractivity contribution in [2.24, 2.45) is 0 Å². The molecule has 0 atom stereocenters. The first-order valence-corrected chi connectivity index (χ1v) is 10.5. The molecule has 0 unspecified atom stereocenters. The Hall–Kier alpha value is -3.68. The lowest BCUT2D eigenvalue weighted by molar-refractivity contribution is 0.0596. The average molecular weight is 456 g/mol. The standard InChI is InChI=1S/C25H29NO7/c1-16-13-18(14-20(23(16)31-4)24(27)32-5)19(7-6-10-26-11-12-33-25(26)28)17-8-9-21(29-2)22(15-17)30-3/h7-9,13-15H,6,10-12H2,1-5H3. The molecule has 0 bridgehead atoms. The maximum Gasteiger partial charge on any atom is 0.409 e. The zero-order valence-electron chi connectivity index (χ0n) is 19.6. The highest BCUT2D eigenvalue weighted by molar-refractivity contribution is 5.95. The fraction of sp³-hybridized carbons (Fsp3) is 0.360. The van der Waals surface area contributed by atoms with Gasteiger partial charge in [0.2, 0.25) is 0 Å². The Balaban J connectivity index is 2.08. The van der Waals surface area contributed by atoms with Gasteiger partial charge in [0.05, 0.1) is 35.0 Å². The molecule has 0 saturated carbocycles. The number of amides is 1. The third-order valence-corrected chi connectivity index (χ3v) is 5.48. The molecule has 1 amide bonds. The first-order valence-electron chi connectivity index (χ1n) is 10.5. The summed E-state index contributed by atoms with van der Waals surface area (Å²) in [6, 6.07) is 9.35. The largest absolute Gasteiger partial charge is 0.496 e. The Kier molecular flexibility index (Phi) is 7.82. The van der Waals surface area contributed by atoms with Crippen molar-refractivity contribution in [2.45, 2.75) is 13.3 Å². The van der Waals surface area contributed by atoms with Gasteiger partial charge in [0, 0.05) is 6.54 Å². The van der Waals surface area contributed by atoms with Crippen LogP contribution in [0.2, 0.25) is 0 Å². The summed E-state index contributed by atoms with van der Waals surface area (Å²) in [7, 11) is 6.02. The monoisotopic (exact) mass is 455 g/mol. The normalized spacial score (nSPS) is 13.5. The Morgan fingerprint density at radius 2 is 1.79 bits per heavy atom. The van der Waals surface area contributed by atoms with E-state index in [0.29, 0.717) is 48.9 Å². The number of hydrogen-bond acceptors (Lipinski definition) is 7. The highest BCUT2D eigenvalue weighted by atomic mass is 16.6. The van der Waals surface area contributed by atoms with Gasteiger partial charge < -0.3 is 28.6 Å². The summed E-state index contributed by atoms with van der Waals surface area (Å²) in [5, 5.41) is 0. The number of carbonyl (C=O) groups is 2. The van der Waals surface area contributed by atoms with Crippen LogP contribution in [0.1, 0.15) is 33.5 Å². The fourth-order valence-corrected chi connectivity index (χ4v) is 3.86. The molecule has 0 radical (unpaired) electrons. The van der Waals surface area contributed by atoms with Gasteiger partial charge in [-0.25, -0.2) is 9.59 Å². The fourth-order valence-electron chi connectivity index (χ4n) is 3.86. The van der Waals surface area contributed by atoms with E-state index in [1.54, 1.807) is 25.2 Å². The van der Waals surface area contributed by atoms with Crippen LogP contribution < -0.4 is 14.2 Å². The molecule has 2 aromatic carbocycles. The Morgan fingerprint density at radius 3 is 2.39 bits per heavy atom. The zero-order valence-corrected chi connectivity index (χ0v) is 19.6. The average Bonchev–Trinajstić information content (AvgIpc) is 3.24. The lowest BCUT2D eigenvalue weighted by Gasteiger charge is -2.17. The number of rotatable bonds is 9. The van der Waals surface area contributed by atoms with Crippen LogP contribution >= 0.6 is 0 Å². The van der Waals surface area contributed by atoms with E-state index in [9.17, 15) is 9.59 Å². The van der Waals surface area contributed by atoms with Crippen molar-refractivity contribution in [1.82, 2.24) is 4.90 Å². The predicted molar refractivity (Wildman–Crippen MR) is 123 cm³/mol. The highest BCUT2D eigenvalue weighted by Gasteiger charge is 2.22. The Morgan fingerprint density at radius 1 is 1.03 bits per heavy atom. The van der Waals surface area contributed by atoms with Crippen molar-refractivity contribution in [2.75, 3.05) is 48.1 Å². The maximum atomic E-state index is 12.4. The van der Waals surface area contributed by atoms with E-state index in [1.807, 2.05) is 37.3 Å². The molecule has 176 valence electrons. The van der Waals surface area contributed by atoms with E-state index in [0.717, 1.165) is 22.3 Å². The van der Waals surface area contributed by atoms with Crippen LogP contribution in [0.5, 0.6) is 17.2 Å². The van der Waals surface area contributed by atoms with Crippen molar-refractivity contribution in [1.29, 1.82) is 0 Å². The number of esters is 1. The molecule has 0 N–H and O–H groups in total. The molecular weight excluding hydrogens is 426 g/mol. The topological polar surface area (TPSA) is 83.5 Å². The number of cyclic esters (lactones) is 1. The van der Waals surface area contributed by atoms with Gasteiger partial charge in [-0.2, -0.15) is 0 Å². The Bertz CT molecular complexity index is 1060. The smallest absolute Gasteiger partial charge is 0.409 e. The van der Waals surface area contributed by atoms with E-state index >= 15 is 0 Å². The van der Waals surface area contributed by atoms with Gasteiger partial charge in [0.1, 0.15) is 17.9 Å². The van der Waals surface area contributed by atoms with Crippen LogP contribution in [0.3, 0.4) is 0 Å². The van der Waals surface area contributed by atoms with Crippen LogP contribution in [-0.4, -0.2) is 65.1 Å². The molecule has 3 rings (SSSR count). The first-order chi connectivity index (χ1) is 15.9. The quantitative estimate of drug-likeness (QED) is 0.527. The second kappa shape index (κ2) is 10.8. The number of aryl methyl sites for hydroxylation is 1. The van der Waals surface area contributed by atoms with Gasteiger partial charge in [-0.15, -0.1) is 0 Å². The molecule has 0 spiro atoms. The highest BCUT2D eigenvalue weighted by Crippen LogP contribution is 2.36. The van der Waals surface area contributed by atoms with Gasteiger partial charge in [-0.3, -0.25) is 0 Å². The van der Waals surface area contributed by atoms with Crippen LogP contribution in [0.15, 0.2) is 36.4 Å². The molecule has 0 aromatic heterocycles. The predicted octanol–water partition coefficient (Wildman–Crippen LogP) is 4.08. The van der Waals surface area contributed by atoms with Crippen LogP contribution in [0, 0.1) is 6.92 Å². The van der Waals surface area contributed by atoms with E-state index in [1.165, 1.54) is 14.2 Å². The maximum absolute atomic E-state index is 12.4. The lowest BCUT2D eigenvalue weighted by Crippen LogP contribution is -2.24. The van der Waals surface area contributed by atoms with Crippen molar-refractivity contribution in [3.8, 4) is 17.2 Å². The first kappa shape index (κ1) is 24.0. The van der Waals surface area contributed by atoms with Gasteiger partial charge in [-0.05, 0) is 59.9 Å². The third-order valence-electron chi connectivity index (χ3n) is 5.48. The van der Waals surface area contributed by atoms with E-state index in [2.05, 4.69) is 0 Å². The van der Waals surface area contributed by atoms with E-state index < -0.39 is 5.97 Å². The number of hydrogen-bond donors (Lipinski definition) is 0. The summed E-state index contributed by atoms with van der Waals surface area (Å²) < 4.78 is 26.3. The summed E-state index contributed by atoms with van der Waals surface area (Å²) in [5.41, 5.74) is 3.69. The number of carbonyl (C=O) groups excluding carboxylic acids is 2. The molecule has 1 fully saturated rings. The van der Waals surface area contributed by atoms with E-state index in [4.69, 9.17) is 23.7 Å². The number of ether oxygens (including phenoxy) is 5. The molecule has 1 heterocycles. The minimum Gasteiger partial charge on any atom is -0.496 e.